The van der Waals surface area contributed by atoms with Gasteiger partial charge in [-0.2, -0.15) is 13.2 Å². The average Bonchev–Trinajstić information content (AvgIpc) is 2.65. The number of methoxy groups -OCH3 is 1. The summed E-state index contributed by atoms with van der Waals surface area (Å²) in [4.78, 5) is 13.9. The monoisotopic (exact) mass is 459 g/mol. The Morgan fingerprint density at radius 2 is 1.74 bits per heavy atom. The van der Waals surface area contributed by atoms with Crippen LogP contribution in [-0.4, -0.2) is 41.6 Å². The minimum absolute atomic E-state index is 0.00369. The summed E-state index contributed by atoms with van der Waals surface area (Å²) in [5.74, 6) is -0.900. The van der Waals surface area contributed by atoms with E-state index in [2.05, 4.69) is 10.0 Å². The molecule has 31 heavy (non-hydrogen) atoms. The molecule has 0 aliphatic carbocycles. The molecule has 0 heterocycles. The summed E-state index contributed by atoms with van der Waals surface area (Å²) in [6, 6.07) is 6.68. The van der Waals surface area contributed by atoms with Gasteiger partial charge >= 0.3 is 6.18 Å². The van der Waals surface area contributed by atoms with E-state index in [1.807, 2.05) is 0 Å². The Morgan fingerprint density at radius 1 is 1.10 bits per heavy atom. The first-order valence-corrected chi connectivity index (χ1v) is 10.6. The van der Waals surface area contributed by atoms with Gasteiger partial charge in [-0.05, 0) is 50.2 Å². The van der Waals surface area contributed by atoms with E-state index in [0.717, 1.165) is 18.2 Å². The maximum atomic E-state index is 13.5. The lowest BCUT2D eigenvalue weighted by molar-refractivity contribution is -0.136. The average molecular weight is 459 g/mol. The minimum Gasteiger partial charge on any atom is -0.495 e. The Balaban J connectivity index is 2.46. The smallest absolute Gasteiger partial charge is 0.418 e. The van der Waals surface area contributed by atoms with Crippen molar-refractivity contribution in [3.63, 3.8) is 0 Å². The predicted octanol–water partition coefficient (Wildman–Crippen LogP) is 3.72. The molecule has 0 aliphatic rings. The van der Waals surface area contributed by atoms with E-state index in [1.165, 1.54) is 30.2 Å². The number of rotatable bonds is 7. The molecule has 0 atom stereocenters. The number of nitrogens with zero attached hydrogens (tertiary/aromatic N) is 1. The zero-order valence-electron chi connectivity index (χ0n) is 17.7. The molecule has 2 aromatic carbocycles. The topological polar surface area (TPSA) is 87.7 Å². The van der Waals surface area contributed by atoms with Crippen LogP contribution in [0.25, 0.3) is 0 Å². The fourth-order valence-corrected chi connectivity index (χ4v) is 4.20. The van der Waals surface area contributed by atoms with Gasteiger partial charge in [0.25, 0.3) is 5.91 Å². The lowest BCUT2D eigenvalue weighted by Gasteiger charge is -2.19. The highest BCUT2D eigenvalue weighted by atomic mass is 32.2. The molecular weight excluding hydrogens is 435 g/mol. The van der Waals surface area contributed by atoms with Crippen molar-refractivity contribution in [2.45, 2.75) is 31.0 Å². The van der Waals surface area contributed by atoms with Crippen LogP contribution in [0.15, 0.2) is 41.3 Å². The highest BCUT2D eigenvalue weighted by Gasteiger charge is 2.34. The molecule has 0 bridgehead atoms. The van der Waals surface area contributed by atoms with Crippen LogP contribution in [0.2, 0.25) is 0 Å². The highest BCUT2D eigenvalue weighted by Crippen LogP contribution is 2.37. The van der Waals surface area contributed by atoms with E-state index >= 15 is 0 Å². The SMILES string of the molecule is COc1ccc(C(=O)Nc2ccc(N(C)C)cc2C(F)(F)F)cc1S(=O)(=O)NC(C)C. The predicted molar refractivity (Wildman–Crippen MR) is 112 cm³/mol. The van der Waals surface area contributed by atoms with Gasteiger partial charge < -0.3 is 15.0 Å². The zero-order chi connectivity index (χ0) is 23.6. The number of nitrogens with one attached hydrogen (secondary N) is 2. The van der Waals surface area contributed by atoms with Gasteiger partial charge in [-0.1, -0.05) is 0 Å². The van der Waals surface area contributed by atoms with Crippen LogP contribution >= 0.6 is 0 Å². The molecule has 170 valence electrons. The van der Waals surface area contributed by atoms with Crippen LogP contribution in [0, 0.1) is 0 Å². The van der Waals surface area contributed by atoms with E-state index in [0.29, 0.717) is 5.69 Å². The normalized spacial score (nSPS) is 12.0. The second-order valence-corrected chi connectivity index (χ2v) is 8.90. The number of hydrogen-bond acceptors (Lipinski definition) is 5. The third kappa shape index (κ3) is 5.88. The molecule has 0 saturated heterocycles. The number of anilines is 2. The summed E-state index contributed by atoms with van der Waals surface area (Å²) >= 11 is 0. The van der Waals surface area contributed by atoms with Gasteiger partial charge in [0.2, 0.25) is 10.0 Å². The lowest BCUT2D eigenvalue weighted by atomic mass is 10.1. The molecule has 0 unspecified atom stereocenters. The van der Waals surface area contributed by atoms with Crippen molar-refractivity contribution >= 4 is 27.3 Å². The van der Waals surface area contributed by atoms with Gasteiger partial charge in [-0.25, -0.2) is 13.1 Å². The van der Waals surface area contributed by atoms with Crippen molar-refractivity contribution < 1.29 is 31.1 Å². The molecule has 11 heteroatoms. The largest absolute Gasteiger partial charge is 0.495 e. The second-order valence-electron chi connectivity index (χ2n) is 7.22. The zero-order valence-corrected chi connectivity index (χ0v) is 18.5. The van der Waals surface area contributed by atoms with E-state index in [1.54, 1.807) is 27.9 Å². The maximum absolute atomic E-state index is 13.5. The Kier molecular flexibility index (Phi) is 7.22. The molecule has 0 radical (unpaired) electrons. The number of alkyl halides is 3. The number of ether oxygens (including phenoxy) is 1. The summed E-state index contributed by atoms with van der Waals surface area (Å²) in [7, 11) is 0.442. The second kappa shape index (κ2) is 9.15. The van der Waals surface area contributed by atoms with Gasteiger partial charge in [0.1, 0.15) is 10.6 Å². The Hall–Kier alpha value is -2.79. The molecule has 0 spiro atoms. The van der Waals surface area contributed by atoms with Gasteiger partial charge in [0, 0.05) is 31.4 Å². The number of hydrogen-bond donors (Lipinski definition) is 2. The highest BCUT2D eigenvalue weighted by molar-refractivity contribution is 7.89. The number of carbonyl (C=O) groups excluding carboxylic acids is 1. The summed E-state index contributed by atoms with van der Waals surface area (Å²) in [6.45, 7) is 3.24. The third-order valence-electron chi connectivity index (χ3n) is 4.18. The Bertz CT molecular complexity index is 1070. The first kappa shape index (κ1) is 24.5. The molecule has 0 saturated carbocycles. The van der Waals surface area contributed by atoms with Crippen molar-refractivity contribution in [1.82, 2.24) is 4.72 Å². The Labute approximate surface area is 179 Å². The quantitative estimate of drug-likeness (QED) is 0.659. The summed E-state index contributed by atoms with van der Waals surface area (Å²) in [5.41, 5.74) is -1.30. The van der Waals surface area contributed by atoms with Crippen LogP contribution < -0.4 is 19.7 Å². The van der Waals surface area contributed by atoms with Crippen molar-refractivity contribution in [3.8, 4) is 5.75 Å². The summed E-state index contributed by atoms with van der Waals surface area (Å²) < 4.78 is 73.1. The molecule has 1 amide bonds. The van der Waals surface area contributed by atoms with Gasteiger partial charge in [-0.3, -0.25) is 4.79 Å². The summed E-state index contributed by atoms with van der Waals surface area (Å²) in [6.07, 6.45) is -4.70. The van der Waals surface area contributed by atoms with E-state index in [9.17, 15) is 26.4 Å². The first-order valence-electron chi connectivity index (χ1n) is 9.16. The Morgan fingerprint density at radius 3 is 2.26 bits per heavy atom. The van der Waals surface area contributed by atoms with Crippen LogP contribution in [0.5, 0.6) is 5.75 Å². The van der Waals surface area contributed by atoms with Crippen LogP contribution in [-0.2, 0) is 16.2 Å². The van der Waals surface area contributed by atoms with Gasteiger partial charge in [-0.15, -0.1) is 0 Å². The molecule has 2 aromatic rings. The van der Waals surface area contributed by atoms with Crippen molar-refractivity contribution in [3.05, 3.63) is 47.5 Å². The van der Waals surface area contributed by atoms with Crippen molar-refractivity contribution in [1.29, 1.82) is 0 Å². The number of amides is 1. The molecule has 2 N–H and O–H groups in total. The molecule has 2 rings (SSSR count). The van der Waals surface area contributed by atoms with Gasteiger partial charge in [0.15, 0.2) is 0 Å². The number of carbonyl (C=O) groups is 1. The van der Waals surface area contributed by atoms with Crippen molar-refractivity contribution in [2.24, 2.45) is 0 Å². The minimum atomic E-state index is -4.70. The number of sulfonamides is 1. The lowest BCUT2D eigenvalue weighted by Crippen LogP contribution is -2.30. The van der Waals surface area contributed by atoms with E-state index < -0.39 is 39.4 Å². The number of halogens is 3. The fraction of sp³-hybridized carbons (Fsp3) is 0.350. The van der Waals surface area contributed by atoms with Crippen LogP contribution in [0.1, 0.15) is 29.8 Å². The molecule has 0 aliphatic heterocycles. The van der Waals surface area contributed by atoms with Crippen LogP contribution in [0.3, 0.4) is 0 Å². The fourth-order valence-electron chi connectivity index (χ4n) is 2.75. The van der Waals surface area contributed by atoms with E-state index in [-0.39, 0.29) is 16.2 Å². The molecule has 0 fully saturated rings. The molecule has 0 aromatic heterocycles. The number of benzene rings is 2. The standard InChI is InChI=1S/C20H24F3N3O4S/c1-12(2)25-31(28,29)18-10-13(6-9-17(18)30-5)19(27)24-16-8-7-14(26(3)4)11-15(16)20(21,22)23/h6-12,25H,1-5H3,(H,24,27). The van der Waals surface area contributed by atoms with Gasteiger partial charge in [0.05, 0.1) is 18.4 Å². The van der Waals surface area contributed by atoms with Crippen LogP contribution in [0.4, 0.5) is 24.5 Å². The van der Waals surface area contributed by atoms with Crippen molar-refractivity contribution in [2.75, 3.05) is 31.4 Å². The summed E-state index contributed by atoms with van der Waals surface area (Å²) in [5, 5.41) is 2.22. The van der Waals surface area contributed by atoms with E-state index in [4.69, 9.17) is 4.74 Å². The molecular formula is C20H24F3N3O4S. The maximum Gasteiger partial charge on any atom is 0.418 e. The third-order valence-corrected chi connectivity index (χ3v) is 5.86. The molecule has 7 nitrogen and oxygen atoms in total. The first-order chi connectivity index (χ1) is 14.3.